The number of thiophene rings is 1. The van der Waals surface area contributed by atoms with Crippen LogP contribution in [0.5, 0.6) is 0 Å². The molecule has 0 saturated carbocycles. The van der Waals surface area contributed by atoms with Gasteiger partial charge in [-0.3, -0.25) is 0 Å². The first-order valence-corrected chi connectivity index (χ1v) is 7.45. The molecule has 0 spiro atoms. The Morgan fingerprint density at radius 1 is 1.35 bits per heavy atom. The van der Waals surface area contributed by atoms with Gasteiger partial charge in [0.2, 0.25) is 0 Å². The number of alkyl halides is 1. The van der Waals surface area contributed by atoms with Crippen LogP contribution in [0, 0.1) is 5.82 Å². The van der Waals surface area contributed by atoms with Crippen molar-refractivity contribution in [2.75, 3.05) is 0 Å². The fraction of sp³-hybridized carbons (Fsp3) is 0.286. The third kappa shape index (κ3) is 3.17. The van der Waals surface area contributed by atoms with Crippen LogP contribution in [0.2, 0.25) is 0 Å². The number of aryl methyl sites for hydroxylation is 1. The predicted molar refractivity (Wildman–Crippen MR) is 75.5 cm³/mol. The van der Waals surface area contributed by atoms with E-state index in [1.807, 2.05) is 6.07 Å². The van der Waals surface area contributed by atoms with Gasteiger partial charge in [0.1, 0.15) is 5.82 Å². The second-order valence-electron chi connectivity index (χ2n) is 3.97. The number of halogens is 2. The first kappa shape index (κ1) is 12.8. The summed E-state index contributed by atoms with van der Waals surface area (Å²) in [5.74, 6) is -0.163. The summed E-state index contributed by atoms with van der Waals surface area (Å²) in [6, 6.07) is 8.98. The minimum absolute atomic E-state index is 0.163. The quantitative estimate of drug-likeness (QED) is 0.687. The van der Waals surface area contributed by atoms with Crippen LogP contribution in [-0.2, 0) is 12.8 Å². The Kier molecular flexibility index (Phi) is 4.35. The second-order valence-corrected chi connectivity index (χ2v) is 6.02. The minimum atomic E-state index is -0.163. The summed E-state index contributed by atoms with van der Waals surface area (Å²) in [6.45, 7) is 2.16. The largest absolute Gasteiger partial charge is 0.207 e. The Morgan fingerprint density at radius 3 is 2.88 bits per heavy atom. The predicted octanol–water partition coefficient (Wildman–Crippen LogP) is 5.13. The lowest BCUT2D eigenvalue weighted by molar-refractivity contribution is 0.625. The van der Waals surface area contributed by atoms with Gasteiger partial charge in [-0.25, -0.2) is 4.39 Å². The Labute approximate surface area is 114 Å². The zero-order chi connectivity index (χ0) is 12.3. The van der Waals surface area contributed by atoms with Gasteiger partial charge in [-0.2, -0.15) is 0 Å². The van der Waals surface area contributed by atoms with Gasteiger partial charge < -0.3 is 0 Å². The molecular weight excluding hydrogens is 299 g/mol. The molecule has 1 heterocycles. The SMILES string of the molecule is CCc1ccsc1C(Br)Cc1cccc(F)c1. The molecule has 17 heavy (non-hydrogen) atoms. The van der Waals surface area contributed by atoms with E-state index in [4.69, 9.17) is 0 Å². The van der Waals surface area contributed by atoms with Gasteiger partial charge in [-0.1, -0.05) is 35.0 Å². The molecule has 1 aromatic heterocycles. The van der Waals surface area contributed by atoms with Crippen LogP contribution in [0.4, 0.5) is 4.39 Å². The van der Waals surface area contributed by atoms with Gasteiger partial charge in [0.25, 0.3) is 0 Å². The molecule has 0 saturated heterocycles. The van der Waals surface area contributed by atoms with Crippen LogP contribution in [-0.4, -0.2) is 0 Å². The Bertz CT molecular complexity index is 492. The first-order chi connectivity index (χ1) is 8.20. The number of benzene rings is 1. The van der Waals surface area contributed by atoms with E-state index in [0.29, 0.717) is 0 Å². The molecular formula is C14H14BrFS. The highest BCUT2D eigenvalue weighted by molar-refractivity contribution is 9.09. The molecule has 0 amide bonds. The summed E-state index contributed by atoms with van der Waals surface area (Å²) in [5, 5.41) is 2.12. The molecule has 0 bridgehead atoms. The van der Waals surface area contributed by atoms with Crippen LogP contribution in [0.25, 0.3) is 0 Å². The number of hydrogen-bond acceptors (Lipinski definition) is 1. The number of rotatable bonds is 4. The van der Waals surface area contributed by atoms with E-state index in [0.717, 1.165) is 18.4 Å². The third-order valence-corrected chi connectivity index (χ3v) is 4.91. The van der Waals surface area contributed by atoms with E-state index in [1.54, 1.807) is 23.5 Å². The van der Waals surface area contributed by atoms with Gasteiger partial charge in [0.15, 0.2) is 0 Å². The molecule has 0 aliphatic carbocycles. The molecule has 2 rings (SSSR count). The van der Waals surface area contributed by atoms with Crippen LogP contribution in [0.1, 0.15) is 27.8 Å². The third-order valence-electron chi connectivity index (χ3n) is 2.75. The molecule has 0 N–H and O–H groups in total. The topological polar surface area (TPSA) is 0 Å². The minimum Gasteiger partial charge on any atom is -0.207 e. The zero-order valence-electron chi connectivity index (χ0n) is 9.62. The molecule has 0 fully saturated rings. The van der Waals surface area contributed by atoms with Crippen molar-refractivity contribution in [2.24, 2.45) is 0 Å². The van der Waals surface area contributed by atoms with E-state index < -0.39 is 0 Å². The van der Waals surface area contributed by atoms with Crippen molar-refractivity contribution in [3.8, 4) is 0 Å². The van der Waals surface area contributed by atoms with Crippen LogP contribution in [0.15, 0.2) is 35.7 Å². The van der Waals surface area contributed by atoms with Crippen molar-refractivity contribution in [3.63, 3.8) is 0 Å². The monoisotopic (exact) mass is 312 g/mol. The zero-order valence-corrected chi connectivity index (χ0v) is 12.0. The second kappa shape index (κ2) is 5.78. The van der Waals surface area contributed by atoms with E-state index in [-0.39, 0.29) is 10.6 Å². The summed E-state index contributed by atoms with van der Waals surface area (Å²) in [6.07, 6.45) is 1.87. The molecule has 1 unspecified atom stereocenters. The summed E-state index contributed by atoms with van der Waals surface area (Å²) < 4.78 is 13.1. The summed E-state index contributed by atoms with van der Waals surface area (Å²) >= 11 is 5.47. The Hall–Kier alpha value is -0.670. The van der Waals surface area contributed by atoms with E-state index in [9.17, 15) is 4.39 Å². The normalized spacial score (nSPS) is 12.6. The lowest BCUT2D eigenvalue weighted by atomic mass is 10.1. The van der Waals surface area contributed by atoms with Crippen LogP contribution < -0.4 is 0 Å². The first-order valence-electron chi connectivity index (χ1n) is 5.65. The van der Waals surface area contributed by atoms with Gasteiger partial charge in [0, 0.05) is 4.88 Å². The van der Waals surface area contributed by atoms with Gasteiger partial charge in [-0.05, 0) is 47.5 Å². The Balaban J connectivity index is 2.14. The van der Waals surface area contributed by atoms with Gasteiger partial charge >= 0.3 is 0 Å². The van der Waals surface area contributed by atoms with E-state index in [2.05, 4.69) is 34.3 Å². The molecule has 0 nitrogen and oxygen atoms in total. The van der Waals surface area contributed by atoms with Gasteiger partial charge in [0.05, 0.1) is 4.83 Å². The number of hydrogen-bond donors (Lipinski definition) is 0. The molecule has 1 atom stereocenters. The summed E-state index contributed by atoms with van der Waals surface area (Å²) in [7, 11) is 0. The highest BCUT2D eigenvalue weighted by Gasteiger charge is 2.13. The van der Waals surface area contributed by atoms with E-state index in [1.165, 1.54) is 16.5 Å². The molecule has 3 heteroatoms. The lowest BCUT2D eigenvalue weighted by Crippen LogP contribution is -1.96. The van der Waals surface area contributed by atoms with Crippen molar-refractivity contribution in [1.82, 2.24) is 0 Å². The van der Waals surface area contributed by atoms with Crippen molar-refractivity contribution in [1.29, 1.82) is 0 Å². The van der Waals surface area contributed by atoms with Crippen molar-refractivity contribution < 1.29 is 4.39 Å². The average molecular weight is 313 g/mol. The molecule has 2 aromatic rings. The molecule has 0 radical (unpaired) electrons. The maximum Gasteiger partial charge on any atom is 0.123 e. The Morgan fingerprint density at radius 2 is 2.18 bits per heavy atom. The molecule has 90 valence electrons. The maximum atomic E-state index is 13.1. The van der Waals surface area contributed by atoms with Crippen molar-refractivity contribution >= 4 is 27.3 Å². The molecule has 0 aliphatic rings. The van der Waals surface area contributed by atoms with Crippen LogP contribution >= 0.6 is 27.3 Å². The van der Waals surface area contributed by atoms with Crippen molar-refractivity contribution in [3.05, 3.63) is 57.5 Å². The highest BCUT2D eigenvalue weighted by Crippen LogP contribution is 2.34. The molecule has 1 aromatic carbocycles. The summed E-state index contributed by atoms with van der Waals surface area (Å²) in [4.78, 5) is 1.64. The summed E-state index contributed by atoms with van der Waals surface area (Å²) in [5.41, 5.74) is 2.41. The van der Waals surface area contributed by atoms with Crippen molar-refractivity contribution in [2.45, 2.75) is 24.6 Å². The standard InChI is InChI=1S/C14H14BrFS/c1-2-11-6-7-17-14(11)13(15)9-10-4-3-5-12(16)8-10/h3-8,13H,2,9H2,1H3. The van der Waals surface area contributed by atoms with Crippen LogP contribution in [0.3, 0.4) is 0 Å². The lowest BCUT2D eigenvalue weighted by Gasteiger charge is -2.10. The smallest absolute Gasteiger partial charge is 0.123 e. The highest BCUT2D eigenvalue weighted by atomic mass is 79.9. The van der Waals surface area contributed by atoms with E-state index >= 15 is 0 Å². The maximum absolute atomic E-state index is 13.1. The average Bonchev–Trinajstić information content (AvgIpc) is 2.77. The fourth-order valence-corrected chi connectivity index (χ4v) is 3.84. The molecule has 0 aliphatic heterocycles. The van der Waals surface area contributed by atoms with Gasteiger partial charge in [-0.15, -0.1) is 11.3 Å². The fourth-order valence-electron chi connectivity index (χ4n) is 1.88.